The van der Waals surface area contributed by atoms with E-state index in [1.54, 1.807) is 0 Å². The molecule has 6 nitrogen and oxygen atoms in total. The van der Waals surface area contributed by atoms with Crippen molar-refractivity contribution in [3.05, 3.63) is 29.8 Å². The summed E-state index contributed by atoms with van der Waals surface area (Å²) in [4.78, 5) is 6.80. The second kappa shape index (κ2) is 11.3. The van der Waals surface area contributed by atoms with E-state index in [-0.39, 0.29) is 0 Å². The zero-order valence-corrected chi connectivity index (χ0v) is 17.4. The Hall–Kier alpha value is -1.79. The second-order valence-electron chi connectivity index (χ2n) is 7.45. The van der Waals surface area contributed by atoms with Gasteiger partial charge in [-0.2, -0.15) is 0 Å². The molecule has 2 fully saturated rings. The van der Waals surface area contributed by atoms with E-state index >= 15 is 0 Å². The van der Waals surface area contributed by atoms with Crippen molar-refractivity contribution < 1.29 is 14.2 Å². The lowest BCUT2D eigenvalue weighted by Gasteiger charge is -2.35. The van der Waals surface area contributed by atoms with Gasteiger partial charge in [-0.25, -0.2) is 0 Å². The van der Waals surface area contributed by atoms with Crippen LogP contribution in [0, 0.1) is 0 Å². The van der Waals surface area contributed by atoms with Gasteiger partial charge in [0.1, 0.15) is 5.75 Å². The summed E-state index contributed by atoms with van der Waals surface area (Å²) >= 11 is 0. The Balaban J connectivity index is 1.42. The molecule has 0 bridgehead atoms. The number of hydrogen-bond donors (Lipinski definition) is 1. The van der Waals surface area contributed by atoms with Gasteiger partial charge in [-0.05, 0) is 45.1 Å². The maximum absolute atomic E-state index is 6.13. The number of ether oxygens (including phenoxy) is 3. The number of rotatable bonds is 7. The van der Waals surface area contributed by atoms with Crippen molar-refractivity contribution >= 4 is 5.96 Å². The molecule has 2 heterocycles. The van der Waals surface area contributed by atoms with Crippen LogP contribution < -0.4 is 10.1 Å². The van der Waals surface area contributed by atoms with Crippen molar-refractivity contribution in [2.45, 2.75) is 57.8 Å². The number of piperidine rings is 1. The van der Waals surface area contributed by atoms with E-state index < -0.39 is 0 Å². The van der Waals surface area contributed by atoms with Gasteiger partial charge >= 0.3 is 0 Å². The fourth-order valence-corrected chi connectivity index (χ4v) is 3.87. The largest absolute Gasteiger partial charge is 0.494 e. The molecule has 0 aliphatic carbocycles. The zero-order chi connectivity index (χ0) is 19.6. The molecule has 0 radical (unpaired) electrons. The van der Waals surface area contributed by atoms with Crippen LogP contribution in [0.3, 0.4) is 0 Å². The van der Waals surface area contributed by atoms with E-state index in [9.17, 15) is 0 Å². The summed E-state index contributed by atoms with van der Waals surface area (Å²) in [7, 11) is 1.85. The molecule has 6 heteroatoms. The Morgan fingerprint density at radius 2 is 2.04 bits per heavy atom. The third kappa shape index (κ3) is 6.11. The van der Waals surface area contributed by atoms with Crippen LogP contribution in [0.5, 0.6) is 5.75 Å². The first kappa shape index (κ1) is 20.9. The van der Waals surface area contributed by atoms with E-state index in [0.717, 1.165) is 62.8 Å². The summed E-state index contributed by atoms with van der Waals surface area (Å²) in [5.41, 5.74) is 1.15. The number of likely N-dealkylation sites (tertiary alicyclic amines) is 1. The lowest BCUT2D eigenvalue weighted by Crippen LogP contribution is -2.47. The highest BCUT2D eigenvalue weighted by Gasteiger charge is 2.23. The molecule has 1 aromatic carbocycles. The van der Waals surface area contributed by atoms with Gasteiger partial charge in [-0.1, -0.05) is 18.2 Å². The molecule has 2 saturated heterocycles. The van der Waals surface area contributed by atoms with Gasteiger partial charge in [0.05, 0.1) is 25.4 Å². The number of nitrogens with zero attached hydrogens (tertiary/aromatic N) is 2. The SMILES string of the molecule is CCOc1ccccc1CNC(=NC)N1CCC(OCC2CCCCO2)CC1. The van der Waals surface area contributed by atoms with Gasteiger partial charge in [-0.3, -0.25) is 4.99 Å². The molecule has 2 aliphatic heterocycles. The molecular formula is C22H35N3O3. The molecule has 28 heavy (non-hydrogen) atoms. The Labute approximate surface area is 169 Å². The minimum Gasteiger partial charge on any atom is -0.494 e. The molecule has 2 aliphatic rings. The van der Waals surface area contributed by atoms with Crippen LogP contribution >= 0.6 is 0 Å². The quantitative estimate of drug-likeness (QED) is 0.573. The Bertz CT molecular complexity index is 609. The van der Waals surface area contributed by atoms with Gasteiger partial charge in [0.25, 0.3) is 0 Å². The van der Waals surface area contributed by atoms with Crippen molar-refractivity contribution in [1.29, 1.82) is 0 Å². The summed E-state index contributed by atoms with van der Waals surface area (Å²) in [6.45, 7) is 6.94. The molecule has 1 atom stereocenters. The van der Waals surface area contributed by atoms with E-state index in [1.165, 1.54) is 12.8 Å². The summed E-state index contributed by atoms with van der Waals surface area (Å²) < 4.78 is 17.6. The van der Waals surface area contributed by atoms with E-state index in [0.29, 0.717) is 25.4 Å². The lowest BCUT2D eigenvalue weighted by molar-refractivity contribution is -0.0721. The number of para-hydroxylation sites is 1. The van der Waals surface area contributed by atoms with Gasteiger partial charge < -0.3 is 24.4 Å². The Morgan fingerprint density at radius 1 is 1.21 bits per heavy atom. The number of aliphatic imine (C=N–C) groups is 1. The number of guanidine groups is 1. The van der Waals surface area contributed by atoms with E-state index in [1.807, 2.05) is 32.2 Å². The predicted molar refractivity (Wildman–Crippen MR) is 112 cm³/mol. The molecule has 1 unspecified atom stereocenters. The minimum atomic E-state index is 0.298. The van der Waals surface area contributed by atoms with Crippen LogP contribution in [-0.4, -0.2) is 63.0 Å². The van der Waals surface area contributed by atoms with Crippen molar-refractivity contribution in [3.63, 3.8) is 0 Å². The molecular weight excluding hydrogens is 354 g/mol. The summed E-state index contributed by atoms with van der Waals surface area (Å²) in [5, 5.41) is 3.49. The van der Waals surface area contributed by atoms with Crippen molar-refractivity contribution in [2.24, 2.45) is 4.99 Å². The van der Waals surface area contributed by atoms with Gasteiger partial charge in [0, 0.05) is 38.9 Å². The molecule has 0 saturated carbocycles. The van der Waals surface area contributed by atoms with Crippen LogP contribution in [0.2, 0.25) is 0 Å². The topological polar surface area (TPSA) is 55.3 Å². The van der Waals surface area contributed by atoms with E-state index in [4.69, 9.17) is 14.2 Å². The fraction of sp³-hybridized carbons (Fsp3) is 0.682. The monoisotopic (exact) mass is 389 g/mol. The first-order valence-electron chi connectivity index (χ1n) is 10.7. The maximum Gasteiger partial charge on any atom is 0.193 e. The molecule has 1 aromatic rings. The molecule has 0 amide bonds. The van der Waals surface area contributed by atoms with Gasteiger partial charge in [0.15, 0.2) is 5.96 Å². The Morgan fingerprint density at radius 3 is 2.75 bits per heavy atom. The smallest absolute Gasteiger partial charge is 0.193 e. The van der Waals surface area contributed by atoms with Crippen LogP contribution in [0.15, 0.2) is 29.3 Å². The van der Waals surface area contributed by atoms with Crippen LogP contribution in [0.4, 0.5) is 0 Å². The molecule has 1 N–H and O–H groups in total. The van der Waals surface area contributed by atoms with E-state index in [2.05, 4.69) is 21.3 Å². The summed E-state index contributed by atoms with van der Waals surface area (Å²) in [6, 6.07) is 8.16. The maximum atomic E-state index is 6.13. The fourth-order valence-electron chi connectivity index (χ4n) is 3.87. The average molecular weight is 390 g/mol. The predicted octanol–water partition coefficient (Wildman–Crippen LogP) is 3.21. The molecule has 0 spiro atoms. The molecule has 0 aromatic heterocycles. The number of benzene rings is 1. The van der Waals surface area contributed by atoms with Gasteiger partial charge in [-0.15, -0.1) is 0 Å². The van der Waals surface area contributed by atoms with Gasteiger partial charge in [0.2, 0.25) is 0 Å². The normalized spacial score (nSPS) is 21.6. The average Bonchev–Trinajstić information content (AvgIpc) is 2.75. The highest BCUT2D eigenvalue weighted by Crippen LogP contribution is 2.19. The highest BCUT2D eigenvalue weighted by molar-refractivity contribution is 5.80. The lowest BCUT2D eigenvalue weighted by atomic mass is 10.1. The van der Waals surface area contributed by atoms with Crippen LogP contribution in [-0.2, 0) is 16.0 Å². The number of hydrogen-bond acceptors (Lipinski definition) is 4. The highest BCUT2D eigenvalue weighted by atomic mass is 16.5. The van der Waals surface area contributed by atoms with Crippen LogP contribution in [0.25, 0.3) is 0 Å². The summed E-state index contributed by atoms with van der Waals surface area (Å²) in [5.74, 6) is 1.88. The van der Waals surface area contributed by atoms with Crippen molar-refractivity contribution in [1.82, 2.24) is 10.2 Å². The zero-order valence-electron chi connectivity index (χ0n) is 17.4. The first-order chi connectivity index (χ1) is 13.8. The standard InChI is InChI=1S/C22H35N3O3/c1-3-26-21-10-5-4-8-18(21)16-24-22(23-2)25-13-11-19(12-14-25)28-17-20-9-6-7-15-27-20/h4-5,8,10,19-20H,3,6-7,9,11-17H2,1-2H3,(H,23,24). The first-order valence-corrected chi connectivity index (χ1v) is 10.7. The Kier molecular flexibility index (Phi) is 8.42. The molecule has 3 rings (SSSR count). The molecule has 156 valence electrons. The second-order valence-corrected chi connectivity index (χ2v) is 7.45. The third-order valence-electron chi connectivity index (χ3n) is 5.45. The summed E-state index contributed by atoms with van der Waals surface area (Å²) in [6.07, 6.45) is 6.28. The van der Waals surface area contributed by atoms with Crippen molar-refractivity contribution in [3.8, 4) is 5.75 Å². The van der Waals surface area contributed by atoms with Crippen LogP contribution in [0.1, 0.15) is 44.6 Å². The third-order valence-corrected chi connectivity index (χ3v) is 5.45. The van der Waals surface area contributed by atoms with Crippen molar-refractivity contribution in [2.75, 3.05) is 40.0 Å². The number of nitrogens with one attached hydrogen (secondary N) is 1. The minimum absolute atomic E-state index is 0.298.